The Balaban J connectivity index is 0.000000537. The molecule has 0 saturated carbocycles. The zero-order valence-electron chi connectivity index (χ0n) is 21.1. The first-order valence-electron chi connectivity index (χ1n) is 11.8. The molecule has 0 aliphatic carbocycles. The summed E-state index contributed by atoms with van der Waals surface area (Å²) in [6, 6.07) is 16.2. The van der Waals surface area contributed by atoms with Gasteiger partial charge in [0.25, 0.3) is 0 Å². The van der Waals surface area contributed by atoms with E-state index in [4.69, 9.17) is 30.5 Å². The first-order chi connectivity index (χ1) is 16.1. The van der Waals surface area contributed by atoms with Crippen molar-refractivity contribution in [3.05, 3.63) is 65.2 Å². The van der Waals surface area contributed by atoms with Gasteiger partial charge < -0.3 is 4.74 Å². The summed E-state index contributed by atoms with van der Waals surface area (Å²) >= 11 is -2.13. The number of benzene rings is 2. The molecular formula is C26H39Cl3N2O2Zr+. The number of para-hydroxylation sites is 1. The molecule has 0 bridgehead atoms. The number of aliphatic imine (C=N–C) groups is 1. The van der Waals surface area contributed by atoms with E-state index in [2.05, 4.69) is 50.6 Å². The first-order valence-corrected chi connectivity index (χ1v) is 21.3. The van der Waals surface area contributed by atoms with Crippen molar-refractivity contribution >= 4 is 37.1 Å². The van der Waals surface area contributed by atoms with Crippen LogP contribution in [0, 0.1) is 0 Å². The van der Waals surface area contributed by atoms with Crippen LogP contribution in [0.3, 0.4) is 0 Å². The molecule has 0 amide bonds. The Kier molecular flexibility index (Phi) is 15.9. The molecule has 2 aromatic rings. The van der Waals surface area contributed by atoms with Crippen LogP contribution in [-0.4, -0.2) is 40.1 Å². The van der Waals surface area contributed by atoms with Crippen LogP contribution in [0.5, 0.6) is 0 Å². The topological polar surface area (TPSA) is 48.6 Å². The van der Waals surface area contributed by atoms with Gasteiger partial charge in [0.05, 0.1) is 11.7 Å². The SMILES string of the molecule is C1CC[OH+]C1.CC(C)c1cccc(C(C)C)c1N=C(c1ccccc1)N(O)C(C)C.[Cl][Zr]([Cl])[Cl]. The monoisotopic (exact) mass is 606 g/mol. The van der Waals surface area contributed by atoms with Crippen molar-refractivity contribution < 1.29 is 28.1 Å². The molecule has 4 nitrogen and oxygen atoms in total. The molecule has 0 radical (unpaired) electrons. The summed E-state index contributed by atoms with van der Waals surface area (Å²) in [5, 5.41) is 11.9. The molecule has 1 heterocycles. The number of nitrogens with zero attached hydrogens (tertiary/aromatic N) is 2. The summed E-state index contributed by atoms with van der Waals surface area (Å²) in [5.74, 6) is 1.31. The second kappa shape index (κ2) is 17.1. The Hall–Kier alpha value is -0.417. The van der Waals surface area contributed by atoms with Gasteiger partial charge >= 0.3 is 43.7 Å². The van der Waals surface area contributed by atoms with Gasteiger partial charge in [-0.15, -0.1) is 0 Å². The van der Waals surface area contributed by atoms with Crippen molar-refractivity contribution in [2.24, 2.45) is 4.99 Å². The van der Waals surface area contributed by atoms with Gasteiger partial charge in [0, 0.05) is 18.4 Å². The molecule has 1 saturated heterocycles. The third-order valence-corrected chi connectivity index (χ3v) is 5.18. The fourth-order valence-electron chi connectivity index (χ4n) is 3.39. The zero-order valence-corrected chi connectivity index (χ0v) is 25.8. The van der Waals surface area contributed by atoms with Gasteiger partial charge in [0.15, 0.2) is 5.84 Å². The molecule has 0 aromatic heterocycles. The van der Waals surface area contributed by atoms with E-state index in [0.29, 0.717) is 17.7 Å². The predicted octanol–water partition coefficient (Wildman–Crippen LogP) is 8.49. The van der Waals surface area contributed by atoms with Crippen molar-refractivity contribution in [3.63, 3.8) is 0 Å². The van der Waals surface area contributed by atoms with Gasteiger partial charge in [-0.1, -0.05) is 76.2 Å². The molecule has 2 aromatic carbocycles. The Bertz CT molecular complexity index is 822. The van der Waals surface area contributed by atoms with E-state index < -0.39 is 18.2 Å². The number of hydroxylamine groups is 2. The second-order valence-electron chi connectivity index (χ2n) is 8.93. The van der Waals surface area contributed by atoms with Gasteiger partial charge in [0.2, 0.25) is 0 Å². The number of aliphatic hydroxyl groups is 2. The van der Waals surface area contributed by atoms with Crippen LogP contribution in [0.15, 0.2) is 53.5 Å². The third-order valence-electron chi connectivity index (χ3n) is 5.18. The molecule has 0 spiro atoms. The van der Waals surface area contributed by atoms with E-state index in [1.165, 1.54) is 29.0 Å². The van der Waals surface area contributed by atoms with Crippen LogP contribution < -0.4 is 0 Å². The molecule has 8 heteroatoms. The maximum atomic E-state index is 10.7. The van der Waals surface area contributed by atoms with Crippen molar-refractivity contribution in [2.75, 3.05) is 13.2 Å². The van der Waals surface area contributed by atoms with Crippen LogP contribution in [0.2, 0.25) is 0 Å². The zero-order chi connectivity index (χ0) is 25.7. The molecule has 3 rings (SSSR count). The predicted molar refractivity (Wildman–Crippen MR) is 145 cm³/mol. The molecule has 1 aliphatic rings. The van der Waals surface area contributed by atoms with E-state index >= 15 is 0 Å². The number of hydrogen-bond acceptors (Lipinski definition) is 2. The Morgan fingerprint density at radius 3 is 1.68 bits per heavy atom. The van der Waals surface area contributed by atoms with Crippen molar-refractivity contribution in [3.8, 4) is 0 Å². The number of amidine groups is 1. The van der Waals surface area contributed by atoms with Gasteiger partial charge in [-0.25, -0.2) is 10.1 Å². The van der Waals surface area contributed by atoms with Gasteiger partial charge in [-0.3, -0.25) is 5.21 Å². The summed E-state index contributed by atoms with van der Waals surface area (Å²) in [4.78, 5) is 4.99. The summed E-state index contributed by atoms with van der Waals surface area (Å²) < 4.78 is 4.08. The summed E-state index contributed by atoms with van der Waals surface area (Å²) in [7, 11) is 15.0. The molecule has 0 atom stereocenters. The molecule has 1 aliphatic heterocycles. The van der Waals surface area contributed by atoms with Gasteiger partial charge in [-0.2, -0.15) is 0 Å². The van der Waals surface area contributed by atoms with Crippen LogP contribution in [0.25, 0.3) is 0 Å². The summed E-state index contributed by atoms with van der Waals surface area (Å²) in [6.07, 6.45) is 2.67. The average molecular weight is 609 g/mol. The minimum atomic E-state index is -2.13. The van der Waals surface area contributed by atoms with Crippen molar-refractivity contribution in [1.29, 1.82) is 0 Å². The quantitative estimate of drug-likeness (QED) is 0.160. The maximum absolute atomic E-state index is 10.7. The number of ether oxygens (including phenoxy) is 1. The standard InChI is InChI=1S/C22H30N2O.C4H8O.3ClH.Zr/c1-15(2)19-13-10-14-20(16(3)4)21(19)23-22(24(25)17(5)6)18-11-8-7-9-12-18;1-2-4-5-3-1;;;;/h7-17,25H,1-6H3;1-4H2;3*1H;/q;;;;;+3/p-2. The van der Waals surface area contributed by atoms with Crippen LogP contribution in [0.1, 0.15) is 82.9 Å². The molecule has 34 heavy (non-hydrogen) atoms. The Morgan fingerprint density at radius 1 is 0.853 bits per heavy atom. The van der Waals surface area contributed by atoms with E-state index in [9.17, 15) is 5.21 Å². The van der Waals surface area contributed by atoms with E-state index in [0.717, 1.165) is 24.5 Å². The molecule has 2 N–H and O–H groups in total. The van der Waals surface area contributed by atoms with Crippen LogP contribution >= 0.6 is 25.5 Å². The van der Waals surface area contributed by atoms with Gasteiger partial charge in [0.1, 0.15) is 13.2 Å². The van der Waals surface area contributed by atoms with Gasteiger partial charge in [-0.05, 0) is 36.8 Å². The molecule has 0 unspecified atom stereocenters. The third kappa shape index (κ3) is 11.5. The second-order valence-corrected chi connectivity index (χ2v) is 20.1. The van der Waals surface area contributed by atoms with E-state index in [-0.39, 0.29) is 6.04 Å². The first kappa shape index (κ1) is 31.6. The van der Waals surface area contributed by atoms with Crippen molar-refractivity contribution in [1.82, 2.24) is 5.06 Å². The number of hydrogen-bond donors (Lipinski definition) is 1. The van der Waals surface area contributed by atoms with Crippen molar-refractivity contribution in [2.45, 2.75) is 72.3 Å². The number of halogens is 3. The molecular weight excluding hydrogens is 570 g/mol. The summed E-state index contributed by atoms with van der Waals surface area (Å²) in [6.45, 7) is 14.9. The Labute approximate surface area is 224 Å². The van der Waals surface area contributed by atoms with Crippen LogP contribution in [0.4, 0.5) is 5.69 Å². The fraction of sp³-hybridized carbons (Fsp3) is 0.500. The molecule has 189 valence electrons. The minimum absolute atomic E-state index is 0.0623. The Morgan fingerprint density at radius 2 is 1.32 bits per heavy atom. The molecule has 1 fully saturated rings. The van der Waals surface area contributed by atoms with E-state index in [1.807, 2.05) is 44.2 Å². The summed E-state index contributed by atoms with van der Waals surface area (Å²) in [5.41, 5.74) is 4.30. The number of rotatable bonds is 5. The normalized spacial score (nSPS) is 13.4. The average Bonchev–Trinajstić information content (AvgIpc) is 3.37. The fourth-order valence-corrected chi connectivity index (χ4v) is 3.39. The van der Waals surface area contributed by atoms with E-state index in [1.54, 1.807) is 0 Å². The van der Waals surface area contributed by atoms with Crippen LogP contribution in [-0.2, 0) is 18.2 Å².